The van der Waals surface area contributed by atoms with E-state index in [4.69, 9.17) is 9.47 Å². The van der Waals surface area contributed by atoms with Crippen molar-refractivity contribution in [3.05, 3.63) is 65.7 Å². The van der Waals surface area contributed by atoms with Crippen molar-refractivity contribution in [1.82, 2.24) is 4.90 Å². The summed E-state index contributed by atoms with van der Waals surface area (Å²) in [6.45, 7) is 0.390. The number of hydrogen-bond donors (Lipinski definition) is 2. The third-order valence-electron chi connectivity index (χ3n) is 4.63. The monoisotopic (exact) mass is 355 g/mol. The third kappa shape index (κ3) is 2.71. The zero-order chi connectivity index (χ0) is 18.3. The predicted molar refractivity (Wildman–Crippen MR) is 89.0 cm³/mol. The smallest absolute Gasteiger partial charge is 0.336 e. The fourth-order valence-electron chi connectivity index (χ4n) is 3.39. The highest BCUT2D eigenvalue weighted by Gasteiger charge is 2.60. The molecular weight excluding hydrogens is 338 g/mol. The molecule has 26 heavy (non-hydrogen) atoms. The van der Waals surface area contributed by atoms with E-state index in [9.17, 15) is 19.8 Å². The minimum Gasteiger partial charge on any atom is -0.508 e. The van der Waals surface area contributed by atoms with Crippen LogP contribution in [-0.4, -0.2) is 45.7 Å². The van der Waals surface area contributed by atoms with Gasteiger partial charge in [0.05, 0.1) is 6.54 Å². The molecule has 1 amide bonds. The lowest BCUT2D eigenvalue weighted by molar-refractivity contribution is -0.219. The molecule has 4 rings (SSSR count). The van der Waals surface area contributed by atoms with E-state index in [1.165, 1.54) is 12.1 Å². The number of hydrogen-bond acceptors (Lipinski definition) is 5. The summed E-state index contributed by atoms with van der Waals surface area (Å²) < 4.78 is 11.5. The molecule has 2 heterocycles. The van der Waals surface area contributed by atoms with E-state index in [1.54, 1.807) is 17.0 Å². The van der Waals surface area contributed by atoms with Gasteiger partial charge in [0, 0.05) is 12.1 Å². The van der Waals surface area contributed by atoms with E-state index in [0.717, 1.165) is 5.56 Å². The van der Waals surface area contributed by atoms with E-state index in [-0.39, 0.29) is 12.3 Å². The maximum atomic E-state index is 12.7. The van der Waals surface area contributed by atoms with Crippen LogP contribution in [0.5, 0.6) is 5.75 Å². The van der Waals surface area contributed by atoms with Gasteiger partial charge in [-0.3, -0.25) is 4.79 Å². The van der Waals surface area contributed by atoms with Crippen molar-refractivity contribution in [2.75, 3.05) is 6.54 Å². The van der Waals surface area contributed by atoms with Crippen molar-refractivity contribution in [3.63, 3.8) is 0 Å². The number of nitrogens with zero attached hydrogens (tertiary/aromatic N) is 1. The second-order valence-corrected chi connectivity index (χ2v) is 6.39. The second kappa shape index (κ2) is 6.12. The maximum absolute atomic E-state index is 12.7. The first-order valence-corrected chi connectivity index (χ1v) is 8.19. The SMILES string of the molecule is O=C(O)[C@@H]1O[C@@]2(c3ccc(O)cc3)CN(Cc3ccccc3)C(=O)[C@@H]1O2. The number of fused-ring (bicyclic) bond motifs is 2. The minimum atomic E-state index is -1.38. The van der Waals surface area contributed by atoms with Crippen molar-refractivity contribution in [1.29, 1.82) is 0 Å². The van der Waals surface area contributed by atoms with Crippen LogP contribution in [0.15, 0.2) is 54.6 Å². The Bertz CT molecular complexity index is 837. The maximum Gasteiger partial charge on any atom is 0.336 e. The van der Waals surface area contributed by atoms with E-state index in [0.29, 0.717) is 12.1 Å². The summed E-state index contributed by atoms with van der Waals surface area (Å²) in [7, 11) is 0. The lowest BCUT2D eigenvalue weighted by atomic mass is 10.0. The quantitative estimate of drug-likeness (QED) is 0.862. The average Bonchev–Trinajstić information content (AvgIpc) is 2.98. The number of carbonyl (C=O) groups is 2. The number of morpholine rings is 1. The van der Waals surface area contributed by atoms with Gasteiger partial charge < -0.3 is 24.6 Å². The van der Waals surface area contributed by atoms with Crippen LogP contribution in [0.25, 0.3) is 0 Å². The first kappa shape index (κ1) is 16.6. The summed E-state index contributed by atoms with van der Waals surface area (Å²) >= 11 is 0. The Kier molecular flexibility index (Phi) is 3.90. The molecule has 2 aliphatic heterocycles. The molecule has 0 aromatic heterocycles. The van der Waals surface area contributed by atoms with Gasteiger partial charge in [-0.2, -0.15) is 0 Å². The second-order valence-electron chi connectivity index (χ2n) is 6.39. The van der Waals surface area contributed by atoms with E-state index >= 15 is 0 Å². The number of carboxylic acids is 1. The molecule has 0 saturated carbocycles. The highest BCUT2D eigenvalue weighted by Crippen LogP contribution is 2.43. The summed E-state index contributed by atoms with van der Waals surface area (Å²) in [6.07, 6.45) is -2.59. The number of ether oxygens (including phenoxy) is 2. The Balaban J connectivity index is 1.70. The highest BCUT2D eigenvalue weighted by molar-refractivity contribution is 5.89. The molecule has 2 aliphatic rings. The van der Waals surface area contributed by atoms with E-state index < -0.39 is 29.9 Å². The molecule has 7 heteroatoms. The molecule has 0 radical (unpaired) electrons. The Hall–Kier alpha value is -2.90. The van der Waals surface area contributed by atoms with Crippen LogP contribution in [0, 0.1) is 0 Å². The number of aliphatic carboxylic acids is 1. The number of phenolic OH excluding ortho intramolecular Hbond substituents is 1. The topological polar surface area (TPSA) is 96.3 Å². The fourth-order valence-corrected chi connectivity index (χ4v) is 3.39. The van der Waals surface area contributed by atoms with Crippen LogP contribution in [0.1, 0.15) is 11.1 Å². The molecule has 3 atom stereocenters. The molecule has 134 valence electrons. The Morgan fingerprint density at radius 1 is 1.12 bits per heavy atom. The molecule has 2 fully saturated rings. The molecule has 0 unspecified atom stereocenters. The van der Waals surface area contributed by atoms with Gasteiger partial charge in [0.15, 0.2) is 12.2 Å². The van der Waals surface area contributed by atoms with Crippen LogP contribution < -0.4 is 0 Å². The van der Waals surface area contributed by atoms with Crippen LogP contribution in [0.3, 0.4) is 0 Å². The Labute approximate surface area is 149 Å². The Morgan fingerprint density at radius 2 is 1.81 bits per heavy atom. The van der Waals surface area contributed by atoms with Crippen molar-refractivity contribution >= 4 is 11.9 Å². The van der Waals surface area contributed by atoms with E-state index in [2.05, 4.69) is 0 Å². The predicted octanol–water partition coefficient (Wildman–Crippen LogP) is 1.46. The summed E-state index contributed by atoms with van der Waals surface area (Å²) in [5.74, 6) is -2.95. The fraction of sp³-hybridized carbons (Fsp3) is 0.263. The van der Waals surface area contributed by atoms with Crippen molar-refractivity contribution in [2.45, 2.75) is 24.5 Å². The third-order valence-corrected chi connectivity index (χ3v) is 4.63. The first-order chi connectivity index (χ1) is 12.5. The van der Waals surface area contributed by atoms with Crippen molar-refractivity contribution < 1.29 is 29.3 Å². The van der Waals surface area contributed by atoms with Crippen LogP contribution in [-0.2, 0) is 31.4 Å². The first-order valence-electron chi connectivity index (χ1n) is 8.19. The summed E-state index contributed by atoms with van der Waals surface area (Å²) in [6, 6.07) is 15.6. The number of rotatable bonds is 4. The van der Waals surface area contributed by atoms with Gasteiger partial charge in [0.2, 0.25) is 5.79 Å². The number of phenols is 1. The number of amides is 1. The summed E-state index contributed by atoms with van der Waals surface area (Å²) in [5.41, 5.74) is 1.48. The van der Waals surface area contributed by atoms with Crippen molar-refractivity contribution in [3.8, 4) is 5.75 Å². The summed E-state index contributed by atoms with van der Waals surface area (Å²) in [4.78, 5) is 25.9. The molecule has 2 bridgehead atoms. The standard InChI is InChI=1S/C19H17NO6/c21-14-8-6-13(7-9-14)19-11-20(10-12-4-2-1-3-5-12)17(22)15(25-19)16(26-19)18(23)24/h1-9,15-16,21H,10-11H2,(H,23,24)/t15-,16-,19-/m1/s1. The van der Waals surface area contributed by atoms with Gasteiger partial charge in [-0.1, -0.05) is 30.3 Å². The lowest BCUT2D eigenvalue weighted by Crippen LogP contribution is -2.53. The van der Waals surface area contributed by atoms with E-state index in [1.807, 2.05) is 30.3 Å². The van der Waals surface area contributed by atoms with Gasteiger partial charge in [-0.15, -0.1) is 0 Å². The van der Waals surface area contributed by atoms with Gasteiger partial charge in [-0.25, -0.2) is 4.79 Å². The molecule has 7 nitrogen and oxygen atoms in total. The molecule has 0 aliphatic carbocycles. The lowest BCUT2D eigenvalue weighted by Gasteiger charge is -2.38. The Morgan fingerprint density at radius 3 is 2.46 bits per heavy atom. The van der Waals surface area contributed by atoms with Gasteiger partial charge in [-0.05, 0) is 29.8 Å². The number of carboxylic acid groups (broad SMARTS) is 1. The number of benzene rings is 2. The van der Waals surface area contributed by atoms with Crippen LogP contribution >= 0.6 is 0 Å². The molecule has 2 aromatic rings. The number of carbonyl (C=O) groups excluding carboxylic acids is 1. The zero-order valence-electron chi connectivity index (χ0n) is 13.7. The minimum absolute atomic E-state index is 0.0613. The zero-order valence-corrected chi connectivity index (χ0v) is 13.7. The van der Waals surface area contributed by atoms with Gasteiger partial charge in [0.1, 0.15) is 5.75 Å². The molecule has 2 N–H and O–H groups in total. The molecular formula is C19H17NO6. The normalized spacial score (nSPS) is 27.5. The molecule has 2 saturated heterocycles. The average molecular weight is 355 g/mol. The van der Waals surface area contributed by atoms with Crippen LogP contribution in [0.2, 0.25) is 0 Å². The van der Waals surface area contributed by atoms with Gasteiger partial charge in [0.25, 0.3) is 5.91 Å². The largest absolute Gasteiger partial charge is 0.508 e. The van der Waals surface area contributed by atoms with Gasteiger partial charge >= 0.3 is 5.97 Å². The summed E-state index contributed by atoms with van der Waals surface area (Å²) in [5, 5.41) is 19.0. The molecule has 2 aromatic carbocycles. The molecule has 0 spiro atoms. The van der Waals surface area contributed by atoms with Crippen molar-refractivity contribution in [2.24, 2.45) is 0 Å². The highest BCUT2D eigenvalue weighted by atomic mass is 16.8. The van der Waals surface area contributed by atoms with Crippen LogP contribution in [0.4, 0.5) is 0 Å². The number of aromatic hydroxyl groups is 1.